The first-order chi connectivity index (χ1) is 14.4. The topological polar surface area (TPSA) is 108 Å². The highest BCUT2D eigenvalue weighted by molar-refractivity contribution is 7.89. The smallest absolute Gasteiger partial charge is 0.243 e. The zero-order valence-electron chi connectivity index (χ0n) is 16.8. The van der Waals surface area contributed by atoms with Crippen molar-refractivity contribution in [2.75, 3.05) is 13.1 Å². The first kappa shape index (κ1) is 21.9. The summed E-state index contributed by atoms with van der Waals surface area (Å²) in [5.41, 5.74) is 0.860. The van der Waals surface area contributed by atoms with Crippen LogP contribution >= 0.6 is 0 Å². The highest BCUT2D eigenvalue weighted by Crippen LogP contribution is 2.23. The molecular formula is C21H26N4O4S. The lowest BCUT2D eigenvalue weighted by Gasteiger charge is -2.31. The van der Waals surface area contributed by atoms with Gasteiger partial charge in [-0.2, -0.15) is 4.31 Å². The van der Waals surface area contributed by atoms with Crippen LogP contribution in [0.15, 0.2) is 59.8 Å². The molecule has 1 aromatic carbocycles. The van der Waals surface area contributed by atoms with Crippen molar-refractivity contribution in [1.82, 2.24) is 19.9 Å². The van der Waals surface area contributed by atoms with E-state index < -0.39 is 22.0 Å². The van der Waals surface area contributed by atoms with E-state index >= 15 is 0 Å². The Bertz CT molecular complexity index is 967. The van der Waals surface area contributed by atoms with Gasteiger partial charge in [-0.3, -0.25) is 14.6 Å². The number of benzene rings is 1. The number of pyridine rings is 1. The van der Waals surface area contributed by atoms with Crippen molar-refractivity contribution in [2.45, 2.75) is 37.2 Å². The van der Waals surface area contributed by atoms with Gasteiger partial charge in [0.2, 0.25) is 21.8 Å². The van der Waals surface area contributed by atoms with Crippen LogP contribution in [-0.4, -0.2) is 48.7 Å². The molecule has 0 spiro atoms. The molecule has 160 valence electrons. The van der Waals surface area contributed by atoms with Crippen LogP contribution in [0.25, 0.3) is 0 Å². The Kier molecular flexibility index (Phi) is 7.17. The SMILES string of the molecule is CC(NC(=O)C1CCCN(S(=O)(=O)c2ccccc2)C1)C(=O)NCc1cccnc1. The maximum Gasteiger partial charge on any atom is 0.243 e. The van der Waals surface area contributed by atoms with E-state index in [2.05, 4.69) is 15.6 Å². The monoisotopic (exact) mass is 430 g/mol. The normalized spacial score (nSPS) is 18.4. The summed E-state index contributed by atoms with van der Waals surface area (Å²) >= 11 is 0. The van der Waals surface area contributed by atoms with E-state index in [0.29, 0.717) is 25.9 Å². The number of carbonyl (C=O) groups is 2. The van der Waals surface area contributed by atoms with Crippen molar-refractivity contribution in [3.05, 3.63) is 60.4 Å². The number of nitrogens with zero attached hydrogens (tertiary/aromatic N) is 2. The average Bonchev–Trinajstić information content (AvgIpc) is 2.78. The third-order valence-corrected chi connectivity index (χ3v) is 6.96. The molecule has 2 N–H and O–H groups in total. The van der Waals surface area contributed by atoms with Crippen LogP contribution in [-0.2, 0) is 26.2 Å². The van der Waals surface area contributed by atoms with Gasteiger partial charge < -0.3 is 10.6 Å². The Balaban J connectivity index is 1.55. The Morgan fingerprint density at radius 1 is 1.20 bits per heavy atom. The number of sulfonamides is 1. The summed E-state index contributed by atoms with van der Waals surface area (Å²) in [6, 6.07) is 11.1. The molecular weight excluding hydrogens is 404 g/mol. The summed E-state index contributed by atoms with van der Waals surface area (Å²) in [6.07, 6.45) is 4.48. The molecule has 1 fully saturated rings. The fraction of sp³-hybridized carbons (Fsp3) is 0.381. The fourth-order valence-corrected chi connectivity index (χ4v) is 4.90. The molecule has 8 nitrogen and oxygen atoms in total. The number of nitrogens with one attached hydrogen (secondary N) is 2. The minimum Gasteiger partial charge on any atom is -0.350 e. The van der Waals surface area contributed by atoms with E-state index in [-0.39, 0.29) is 23.3 Å². The molecule has 9 heteroatoms. The van der Waals surface area contributed by atoms with Crippen LogP contribution in [0, 0.1) is 5.92 Å². The molecule has 2 atom stereocenters. The molecule has 30 heavy (non-hydrogen) atoms. The molecule has 2 heterocycles. The van der Waals surface area contributed by atoms with E-state index in [0.717, 1.165) is 5.56 Å². The van der Waals surface area contributed by atoms with Crippen molar-refractivity contribution in [2.24, 2.45) is 5.92 Å². The lowest BCUT2D eigenvalue weighted by molar-refractivity contribution is -0.131. The van der Waals surface area contributed by atoms with E-state index in [1.807, 2.05) is 6.07 Å². The molecule has 3 rings (SSSR count). The van der Waals surface area contributed by atoms with E-state index in [1.54, 1.807) is 55.7 Å². The zero-order chi connectivity index (χ0) is 21.6. The highest BCUT2D eigenvalue weighted by Gasteiger charge is 2.34. The van der Waals surface area contributed by atoms with Gasteiger partial charge in [0, 0.05) is 32.0 Å². The van der Waals surface area contributed by atoms with Crippen molar-refractivity contribution in [3.8, 4) is 0 Å². The largest absolute Gasteiger partial charge is 0.350 e. The van der Waals surface area contributed by atoms with E-state index in [1.165, 1.54) is 4.31 Å². The Labute approximate surface area is 176 Å². The van der Waals surface area contributed by atoms with Gasteiger partial charge in [-0.05, 0) is 43.5 Å². The summed E-state index contributed by atoms with van der Waals surface area (Å²) in [6.45, 7) is 2.41. The maximum absolute atomic E-state index is 12.8. The van der Waals surface area contributed by atoms with Crippen LogP contribution in [0.4, 0.5) is 0 Å². The first-order valence-corrected chi connectivity index (χ1v) is 11.3. The van der Waals surface area contributed by atoms with Gasteiger partial charge in [-0.25, -0.2) is 8.42 Å². The van der Waals surface area contributed by atoms with Gasteiger partial charge in [-0.1, -0.05) is 24.3 Å². The number of piperidine rings is 1. The molecule has 2 aromatic rings. The maximum atomic E-state index is 12.8. The quantitative estimate of drug-likeness (QED) is 0.688. The molecule has 0 aliphatic carbocycles. The standard InChI is InChI=1S/C21H26N4O4S/c1-16(20(26)23-14-17-7-5-11-22-13-17)24-21(27)18-8-6-12-25(15-18)30(28,29)19-9-3-2-4-10-19/h2-5,7,9-11,13,16,18H,6,8,12,14-15H2,1H3,(H,23,26)(H,24,27). The second-order valence-electron chi connectivity index (χ2n) is 7.32. The summed E-state index contributed by atoms with van der Waals surface area (Å²) in [5.74, 6) is -1.12. The van der Waals surface area contributed by atoms with Crippen LogP contribution in [0.3, 0.4) is 0 Å². The molecule has 2 amide bonds. The van der Waals surface area contributed by atoms with Gasteiger partial charge in [0.25, 0.3) is 0 Å². The predicted octanol–water partition coefficient (Wildman–Crippen LogP) is 1.30. The van der Waals surface area contributed by atoms with E-state index in [4.69, 9.17) is 0 Å². The van der Waals surface area contributed by atoms with Crippen molar-refractivity contribution < 1.29 is 18.0 Å². The molecule has 1 aliphatic rings. The third kappa shape index (κ3) is 5.43. The summed E-state index contributed by atoms with van der Waals surface area (Å²) in [5, 5.41) is 5.47. The molecule has 2 unspecified atom stereocenters. The minimum atomic E-state index is -3.64. The minimum absolute atomic E-state index is 0.104. The molecule has 1 saturated heterocycles. The van der Waals surface area contributed by atoms with Crippen molar-refractivity contribution in [3.63, 3.8) is 0 Å². The number of hydrogen-bond acceptors (Lipinski definition) is 5. The second kappa shape index (κ2) is 9.82. The number of hydrogen-bond donors (Lipinski definition) is 2. The van der Waals surface area contributed by atoms with Gasteiger partial charge in [0.15, 0.2) is 0 Å². The molecule has 0 bridgehead atoms. The number of aromatic nitrogens is 1. The van der Waals surface area contributed by atoms with Gasteiger partial charge in [-0.15, -0.1) is 0 Å². The lowest BCUT2D eigenvalue weighted by Crippen LogP contribution is -2.50. The summed E-state index contributed by atoms with van der Waals surface area (Å²) < 4.78 is 27.0. The van der Waals surface area contributed by atoms with Crippen LogP contribution < -0.4 is 10.6 Å². The lowest BCUT2D eigenvalue weighted by atomic mass is 9.98. The van der Waals surface area contributed by atoms with Gasteiger partial charge in [0.1, 0.15) is 6.04 Å². The Hall–Kier alpha value is -2.78. The third-order valence-electron chi connectivity index (χ3n) is 5.08. The molecule has 1 aromatic heterocycles. The fourth-order valence-electron chi connectivity index (χ4n) is 3.36. The Morgan fingerprint density at radius 2 is 1.97 bits per heavy atom. The van der Waals surface area contributed by atoms with Crippen molar-refractivity contribution >= 4 is 21.8 Å². The zero-order valence-corrected chi connectivity index (χ0v) is 17.6. The van der Waals surface area contributed by atoms with Crippen LogP contribution in [0.5, 0.6) is 0 Å². The second-order valence-corrected chi connectivity index (χ2v) is 9.26. The van der Waals surface area contributed by atoms with Crippen LogP contribution in [0.2, 0.25) is 0 Å². The van der Waals surface area contributed by atoms with Gasteiger partial charge in [0.05, 0.1) is 10.8 Å². The molecule has 0 radical (unpaired) electrons. The first-order valence-electron chi connectivity index (χ1n) is 9.90. The number of amides is 2. The highest BCUT2D eigenvalue weighted by atomic mass is 32.2. The number of rotatable bonds is 7. The summed E-state index contributed by atoms with van der Waals surface area (Å²) in [4.78, 5) is 29.2. The van der Waals surface area contributed by atoms with Crippen molar-refractivity contribution in [1.29, 1.82) is 0 Å². The predicted molar refractivity (Wildman–Crippen MR) is 112 cm³/mol. The number of carbonyl (C=O) groups excluding carboxylic acids is 2. The Morgan fingerprint density at radius 3 is 2.67 bits per heavy atom. The summed E-state index contributed by atoms with van der Waals surface area (Å²) in [7, 11) is -3.64. The van der Waals surface area contributed by atoms with E-state index in [9.17, 15) is 18.0 Å². The van der Waals surface area contributed by atoms with Crippen LogP contribution in [0.1, 0.15) is 25.3 Å². The average molecular weight is 431 g/mol. The molecule has 0 saturated carbocycles. The van der Waals surface area contributed by atoms with Gasteiger partial charge >= 0.3 is 0 Å². The molecule has 1 aliphatic heterocycles.